The molecule has 1 N–H and O–H groups in total. The SMILES string of the molecule is CCN(c1ccc(C(=O)Nc2cccc([N+](=O)[O-])c2)cc1)S(=O)(=O)c1ccccc1. The zero-order chi connectivity index (χ0) is 21.7. The molecule has 1 amide bonds. The van der Waals surface area contributed by atoms with Crippen LogP contribution in [0.2, 0.25) is 0 Å². The molecule has 0 heterocycles. The Morgan fingerprint density at radius 1 is 1.00 bits per heavy atom. The summed E-state index contributed by atoms with van der Waals surface area (Å²) in [5.41, 5.74) is 0.875. The first-order valence-electron chi connectivity index (χ1n) is 9.06. The number of benzene rings is 3. The fourth-order valence-electron chi connectivity index (χ4n) is 2.89. The Kier molecular flexibility index (Phi) is 6.12. The van der Waals surface area contributed by atoms with E-state index in [-0.39, 0.29) is 17.1 Å². The van der Waals surface area contributed by atoms with Crippen LogP contribution in [0.15, 0.2) is 83.8 Å². The van der Waals surface area contributed by atoms with E-state index in [0.29, 0.717) is 16.9 Å². The summed E-state index contributed by atoms with van der Waals surface area (Å²) in [6, 6.07) is 19.8. The van der Waals surface area contributed by atoms with Gasteiger partial charge in [0.15, 0.2) is 0 Å². The molecule has 0 saturated heterocycles. The third kappa shape index (κ3) is 4.47. The molecule has 0 aromatic heterocycles. The van der Waals surface area contributed by atoms with Crippen molar-refractivity contribution in [3.05, 3.63) is 94.5 Å². The second-order valence-corrected chi connectivity index (χ2v) is 8.15. The number of hydrogen-bond donors (Lipinski definition) is 1. The molecule has 154 valence electrons. The molecule has 0 aliphatic rings. The summed E-state index contributed by atoms with van der Waals surface area (Å²) >= 11 is 0. The molecule has 0 bridgehead atoms. The molecule has 8 nitrogen and oxygen atoms in total. The monoisotopic (exact) mass is 425 g/mol. The lowest BCUT2D eigenvalue weighted by molar-refractivity contribution is -0.384. The summed E-state index contributed by atoms with van der Waals surface area (Å²) in [7, 11) is -3.73. The van der Waals surface area contributed by atoms with Crippen molar-refractivity contribution >= 4 is 33.0 Å². The van der Waals surface area contributed by atoms with Crippen LogP contribution < -0.4 is 9.62 Å². The molecule has 3 aromatic rings. The van der Waals surface area contributed by atoms with Crippen LogP contribution in [-0.2, 0) is 10.0 Å². The van der Waals surface area contributed by atoms with Crippen molar-refractivity contribution in [2.75, 3.05) is 16.2 Å². The van der Waals surface area contributed by atoms with Crippen molar-refractivity contribution in [2.45, 2.75) is 11.8 Å². The first kappa shape index (κ1) is 21.0. The molecule has 0 spiro atoms. The number of anilines is 2. The van der Waals surface area contributed by atoms with Crippen LogP contribution in [0.5, 0.6) is 0 Å². The Morgan fingerprint density at radius 2 is 1.67 bits per heavy atom. The summed E-state index contributed by atoms with van der Waals surface area (Å²) in [4.78, 5) is 22.9. The summed E-state index contributed by atoms with van der Waals surface area (Å²) in [5, 5.41) is 13.5. The van der Waals surface area contributed by atoms with Crippen LogP contribution >= 0.6 is 0 Å². The predicted molar refractivity (Wildman–Crippen MR) is 114 cm³/mol. The van der Waals surface area contributed by atoms with Crippen molar-refractivity contribution in [1.29, 1.82) is 0 Å². The van der Waals surface area contributed by atoms with Crippen molar-refractivity contribution in [3.63, 3.8) is 0 Å². The molecule has 0 saturated carbocycles. The first-order valence-corrected chi connectivity index (χ1v) is 10.5. The molecule has 0 aliphatic carbocycles. The average molecular weight is 425 g/mol. The zero-order valence-electron chi connectivity index (χ0n) is 16.1. The summed E-state index contributed by atoms with van der Waals surface area (Å²) in [6.45, 7) is 1.94. The topological polar surface area (TPSA) is 110 Å². The highest BCUT2D eigenvalue weighted by molar-refractivity contribution is 7.92. The number of hydrogen-bond acceptors (Lipinski definition) is 5. The highest BCUT2D eigenvalue weighted by Crippen LogP contribution is 2.24. The smallest absolute Gasteiger partial charge is 0.271 e. The van der Waals surface area contributed by atoms with E-state index in [4.69, 9.17) is 0 Å². The Morgan fingerprint density at radius 3 is 2.27 bits per heavy atom. The van der Waals surface area contributed by atoms with E-state index in [2.05, 4.69) is 5.32 Å². The van der Waals surface area contributed by atoms with Crippen LogP contribution in [0.3, 0.4) is 0 Å². The van der Waals surface area contributed by atoms with Gasteiger partial charge in [0.2, 0.25) is 0 Å². The minimum atomic E-state index is -3.73. The molecule has 30 heavy (non-hydrogen) atoms. The maximum Gasteiger partial charge on any atom is 0.271 e. The molecular weight excluding hydrogens is 406 g/mol. The van der Waals surface area contributed by atoms with E-state index in [1.807, 2.05) is 0 Å². The lowest BCUT2D eigenvalue weighted by Gasteiger charge is -2.23. The van der Waals surface area contributed by atoms with Crippen LogP contribution in [0.4, 0.5) is 17.1 Å². The number of carbonyl (C=O) groups excluding carboxylic acids is 1. The van der Waals surface area contributed by atoms with Crippen molar-refractivity contribution in [3.8, 4) is 0 Å². The number of rotatable bonds is 7. The highest BCUT2D eigenvalue weighted by Gasteiger charge is 2.23. The lowest BCUT2D eigenvalue weighted by atomic mass is 10.2. The van der Waals surface area contributed by atoms with E-state index in [1.165, 1.54) is 46.8 Å². The Labute approximate surface area is 174 Å². The van der Waals surface area contributed by atoms with Crippen LogP contribution in [0, 0.1) is 10.1 Å². The quantitative estimate of drug-likeness (QED) is 0.453. The number of nitro benzene ring substituents is 1. The molecule has 3 rings (SSSR count). The number of amides is 1. The summed E-state index contributed by atoms with van der Waals surface area (Å²) < 4.78 is 27.1. The van der Waals surface area contributed by atoms with E-state index < -0.39 is 20.9 Å². The molecule has 0 unspecified atom stereocenters. The maximum atomic E-state index is 12.9. The molecular formula is C21H19N3O5S. The second kappa shape index (κ2) is 8.75. The van der Waals surface area contributed by atoms with Gasteiger partial charge in [-0.15, -0.1) is 0 Å². The number of non-ortho nitro benzene ring substituents is 1. The molecule has 3 aromatic carbocycles. The van der Waals surface area contributed by atoms with Gasteiger partial charge in [0.1, 0.15) is 0 Å². The predicted octanol–water partition coefficient (Wildman–Crippen LogP) is 4.06. The molecule has 0 aliphatic heterocycles. The average Bonchev–Trinajstić information content (AvgIpc) is 2.75. The van der Waals surface area contributed by atoms with Crippen LogP contribution in [0.1, 0.15) is 17.3 Å². The van der Waals surface area contributed by atoms with Gasteiger partial charge in [-0.2, -0.15) is 0 Å². The van der Waals surface area contributed by atoms with E-state index >= 15 is 0 Å². The van der Waals surface area contributed by atoms with E-state index in [1.54, 1.807) is 43.3 Å². The normalized spacial score (nSPS) is 11.0. The van der Waals surface area contributed by atoms with E-state index in [0.717, 1.165) is 0 Å². The zero-order valence-corrected chi connectivity index (χ0v) is 16.9. The van der Waals surface area contributed by atoms with Crippen molar-refractivity contribution < 1.29 is 18.1 Å². The van der Waals surface area contributed by atoms with Crippen molar-refractivity contribution in [2.24, 2.45) is 0 Å². The minimum Gasteiger partial charge on any atom is -0.322 e. The number of nitro groups is 1. The largest absolute Gasteiger partial charge is 0.322 e. The number of nitrogens with one attached hydrogen (secondary N) is 1. The van der Waals surface area contributed by atoms with Gasteiger partial charge in [-0.3, -0.25) is 19.2 Å². The molecule has 0 fully saturated rings. The van der Waals surface area contributed by atoms with Gasteiger partial charge >= 0.3 is 0 Å². The van der Waals surface area contributed by atoms with Gasteiger partial charge in [0.25, 0.3) is 21.6 Å². The molecule has 9 heteroatoms. The van der Waals surface area contributed by atoms with Gasteiger partial charge < -0.3 is 5.32 Å². The van der Waals surface area contributed by atoms with Gasteiger partial charge in [-0.05, 0) is 49.4 Å². The first-order chi connectivity index (χ1) is 14.3. The Hall–Kier alpha value is -3.72. The maximum absolute atomic E-state index is 12.9. The van der Waals surface area contributed by atoms with Crippen molar-refractivity contribution in [1.82, 2.24) is 0 Å². The number of carbonyl (C=O) groups is 1. The number of nitrogens with zero attached hydrogens (tertiary/aromatic N) is 2. The minimum absolute atomic E-state index is 0.132. The fourth-order valence-corrected chi connectivity index (χ4v) is 4.39. The van der Waals surface area contributed by atoms with Gasteiger partial charge in [0.05, 0.1) is 15.5 Å². The summed E-state index contributed by atoms with van der Waals surface area (Å²) in [5.74, 6) is -0.462. The van der Waals surface area contributed by atoms with Crippen LogP contribution in [-0.4, -0.2) is 25.8 Å². The van der Waals surface area contributed by atoms with Gasteiger partial charge in [-0.1, -0.05) is 24.3 Å². The lowest BCUT2D eigenvalue weighted by Crippen LogP contribution is -2.30. The van der Waals surface area contributed by atoms with E-state index in [9.17, 15) is 23.3 Å². The fraction of sp³-hybridized carbons (Fsp3) is 0.0952. The Bertz CT molecular complexity index is 1160. The van der Waals surface area contributed by atoms with Crippen LogP contribution in [0.25, 0.3) is 0 Å². The molecule has 0 radical (unpaired) electrons. The van der Waals surface area contributed by atoms with Gasteiger partial charge in [-0.25, -0.2) is 8.42 Å². The summed E-state index contributed by atoms with van der Waals surface area (Å²) in [6.07, 6.45) is 0. The second-order valence-electron chi connectivity index (χ2n) is 6.29. The molecule has 0 atom stereocenters. The number of sulfonamides is 1. The third-order valence-electron chi connectivity index (χ3n) is 4.35. The van der Waals surface area contributed by atoms with Gasteiger partial charge in [0, 0.05) is 29.9 Å². The Balaban J connectivity index is 1.80. The third-order valence-corrected chi connectivity index (χ3v) is 6.27. The standard InChI is InChI=1S/C21H19N3O5S/c1-2-23(30(28,29)20-9-4-3-5-10-20)18-13-11-16(12-14-18)21(25)22-17-7-6-8-19(15-17)24(26)27/h3-15H,2H2,1H3,(H,22,25). The highest BCUT2D eigenvalue weighted by atomic mass is 32.2.